The molecular weight excluding hydrogens is 206 g/mol. The van der Waals surface area contributed by atoms with E-state index in [4.69, 9.17) is 27.6 Å². The summed E-state index contributed by atoms with van der Waals surface area (Å²) < 4.78 is 34.1. The molecule has 0 amide bonds. The summed E-state index contributed by atoms with van der Waals surface area (Å²) in [6.07, 6.45) is 0. The first-order chi connectivity index (χ1) is 3.41. The van der Waals surface area contributed by atoms with Gasteiger partial charge in [0.05, 0.1) is 0 Å². The fraction of sp³-hybridized carbons (Fsp3) is 0. The number of hydrogen-bond donors (Lipinski definition) is 0. The summed E-state index contributed by atoms with van der Waals surface area (Å²) in [6, 6.07) is 0. The molecule has 0 aliphatic heterocycles. The second-order valence-corrected chi connectivity index (χ2v) is 1.30. The van der Waals surface area contributed by atoms with Crippen LogP contribution in [0.2, 0.25) is 0 Å². The molecule has 0 aromatic heterocycles. The summed E-state index contributed by atoms with van der Waals surface area (Å²) in [5.74, 6) is 0. The molecule has 0 aromatic carbocycles. The Morgan fingerprint density at radius 3 is 1.22 bits per heavy atom. The van der Waals surface area contributed by atoms with Crippen molar-refractivity contribution in [3.05, 3.63) is 10.1 Å². The molecular formula is CuNO6S-. The quantitative estimate of drug-likeness (QED) is 0.162. The van der Waals surface area contributed by atoms with Crippen LogP contribution in [0, 0.1) is 10.1 Å². The van der Waals surface area contributed by atoms with E-state index in [-0.39, 0.29) is 17.1 Å². The Hall–Kier alpha value is -0.211. The van der Waals surface area contributed by atoms with Crippen molar-refractivity contribution in [1.82, 2.24) is 0 Å². The molecule has 0 N–H and O–H groups in total. The van der Waals surface area contributed by atoms with E-state index in [0.717, 1.165) is 5.34 Å². The predicted octanol–water partition coefficient (Wildman–Crippen LogP) is -1.09. The number of hydrogen-bond acceptors (Lipinski definition) is 7. The van der Waals surface area contributed by atoms with E-state index < -0.39 is 10.4 Å². The van der Waals surface area contributed by atoms with Crippen molar-refractivity contribution < 1.29 is 34.6 Å². The molecule has 0 spiro atoms. The van der Waals surface area contributed by atoms with Gasteiger partial charge < -0.3 is 19.2 Å². The van der Waals surface area contributed by atoms with E-state index in [1.165, 1.54) is 0 Å². The molecule has 0 aromatic rings. The van der Waals surface area contributed by atoms with Gasteiger partial charge in [-0.15, -0.1) is 5.34 Å². The smallest absolute Gasteiger partial charge is 0.759 e. The largest absolute Gasteiger partial charge is 2.00 e. The Kier molecular flexibility index (Phi) is 13.8. The van der Waals surface area contributed by atoms with Crippen LogP contribution in [-0.4, -0.2) is 17.5 Å². The van der Waals surface area contributed by atoms with Crippen molar-refractivity contribution in [2.24, 2.45) is 5.34 Å². The van der Waals surface area contributed by atoms with E-state index in [2.05, 4.69) is 0 Å². The molecule has 9 heavy (non-hydrogen) atoms. The van der Waals surface area contributed by atoms with Gasteiger partial charge in [0.25, 0.3) is 0 Å². The first-order valence-electron chi connectivity index (χ1n) is 1.03. The maximum Gasteiger partial charge on any atom is 2.00 e. The fourth-order valence-corrected chi connectivity index (χ4v) is 0. The van der Waals surface area contributed by atoms with Gasteiger partial charge in [0.2, 0.25) is 0 Å². The third kappa shape index (κ3) is 5890. The predicted molar refractivity (Wildman–Crippen MR) is 19.6 cm³/mol. The summed E-state index contributed by atoms with van der Waals surface area (Å²) >= 11 is 0. The van der Waals surface area contributed by atoms with Crippen LogP contribution >= 0.6 is 0 Å². The molecule has 0 aliphatic rings. The average molecular weight is 206 g/mol. The molecule has 0 fully saturated rings. The van der Waals surface area contributed by atoms with Crippen LogP contribution in [0.5, 0.6) is 0 Å². The van der Waals surface area contributed by atoms with Crippen molar-refractivity contribution in [2.75, 3.05) is 0 Å². The van der Waals surface area contributed by atoms with Crippen LogP contribution in [0.25, 0.3) is 0 Å². The fourth-order valence-electron chi connectivity index (χ4n) is 0. The average Bonchev–Trinajstić information content (AvgIpc) is 1.27. The molecule has 0 rings (SSSR count). The maximum atomic E-state index is 8.52. The minimum absolute atomic E-state index is 0. The molecule has 9 heteroatoms. The standard InChI is InChI=1S/Cu.HNO2.H2O4S/c;2-1-3;1-5(2,3)4/h;(H,2,3);(H2,1,2,3,4)/q+2;;/p-3. The molecule has 0 saturated heterocycles. The zero-order chi connectivity index (χ0) is 7.21. The zero-order valence-electron chi connectivity index (χ0n) is 3.61. The Labute approximate surface area is 61.1 Å². The van der Waals surface area contributed by atoms with Crippen LogP contribution in [0.1, 0.15) is 0 Å². The SMILES string of the molecule is O=N[O-].O=S(=O)([O-])[O-].[Cu+2]. The van der Waals surface area contributed by atoms with E-state index in [1.807, 2.05) is 0 Å². The number of rotatable bonds is 0. The summed E-state index contributed by atoms with van der Waals surface area (Å²) in [7, 11) is -5.17. The first-order valence-corrected chi connectivity index (χ1v) is 2.37. The second kappa shape index (κ2) is 7.79. The van der Waals surface area contributed by atoms with Crippen LogP contribution in [0.4, 0.5) is 0 Å². The Balaban J connectivity index is -0.0000000800. The van der Waals surface area contributed by atoms with Gasteiger partial charge in [0.15, 0.2) is 0 Å². The maximum absolute atomic E-state index is 8.52. The van der Waals surface area contributed by atoms with Gasteiger partial charge in [-0.3, -0.25) is 8.42 Å². The van der Waals surface area contributed by atoms with Gasteiger partial charge in [0, 0.05) is 10.4 Å². The van der Waals surface area contributed by atoms with Gasteiger partial charge in [0.1, 0.15) is 0 Å². The van der Waals surface area contributed by atoms with Crippen molar-refractivity contribution >= 4 is 10.4 Å². The molecule has 0 atom stereocenters. The molecule has 1 radical (unpaired) electrons. The topological polar surface area (TPSA) is 133 Å². The molecule has 0 bridgehead atoms. The third-order valence-corrected chi connectivity index (χ3v) is 0. The molecule has 59 valence electrons. The van der Waals surface area contributed by atoms with Crippen LogP contribution < -0.4 is 0 Å². The van der Waals surface area contributed by atoms with Crippen LogP contribution in [0.15, 0.2) is 5.34 Å². The zero-order valence-corrected chi connectivity index (χ0v) is 5.36. The minimum atomic E-state index is -5.17. The van der Waals surface area contributed by atoms with Gasteiger partial charge in [-0.1, -0.05) is 0 Å². The van der Waals surface area contributed by atoms with Gasteiger partial charge >= 0.3 is 17.1 Å². The minimum Gasteiger partial charge on any atom is -0.759 e. The Bertz CT molecular complexity index is 127. The van der Waals surface area contributed by atoms with Gasteiger partial charge in [-0.2, -0.15) is 0 Å². The Morgan fingerprint density at radius 1 is 1.22 bits per heavy atom. The molecule has 0 unspecified atom stereocenters. The van der Waals surface area contributed by atoms with E-state index >= 15 is 0 Å². The van der Waals surface area contributed by atoms with Crippen LogP contribution in [-0.2, 0) is 27.5 Å². The summed E-state index contributed by atoms with van der Waals surface area (Å²) in [5, 5.41) is 9.00. The first kappa shape index (κ1) is 15.9. The van der Waals surface area contributed by atoms with E-state index in [9.17, 15) is 0 Å². The monoisotopic (exact) mass is 205 g/mol. The van der Waals surface area contributed by atoms with Crippen molar-refractivity contribution in [2.45, 2.75) is 0 Å². The van der Waals surface area contributed by atoms with Crippen molar-refractivity contribution in [3.8, 4) is 0 Å². The van der Waals surface area contributed by atoms with E-state index in [1.54, 1.807) is 0 Å². The summed E-state index contributed by atoms with van der Waals surface area (Å²) in [5.41, 5.74) is 0. The summed E-state index contributed by atoms with van der Waals surface area (Å²) in [6.45, 7) is 0. The molecule has 0 aliphatic carbocycles. The van der Waals surface area contributed by atoms with Crippen molar-refractivity contribution in [1.29, 1.82) is 0 Å². The molecule has 7 nitrogen and oxygen atoms in total. The normalized spacial score (nSPS) is 7.78. The second-order valence-electron chi connectivity index (χ2n) is 0.483. The molecule has 0 saturated carbocycles. The third-order valence-electron chi connectivity index (χ3n) is 0. The van der Waals surface area contributed by atoms with E-state index in [0.29, 0.717) is 0 Å². The molecule has 0 heterocycles. The van der Waals surface area contributed by atoms with Gasteiger partial charge in [-0.05, 0) is 0 Å². The van der Waals surface area contributed by atoms with Crippen LogP contribution in [0.3, 0.4) is 0 Å². The van der Waals surface area contributed by atoms with Crippen molar-refractivity contribution in [3.63, 3.8) is 0 Å². The van der Waals surface area contributed by atoms with Gasteiger partial charge in [-0.25, -0.2) is 0 Å². The number of nitrogens with zero attached hydrogens (tertiary/aromatic N) is 1. The summed E-state index contributed by atoms with van der Waals surface area (Å²) in [4.78, 5) is 8.00. The Morgan fingerprint density at radius 2 is 1.22 bits per heavy atom.